The molecule has 2 aromatic carbocycles. The molecule has 3 rings (SSSR count). The van der Waals surface area contributed by atoms with Crippen molar-refractivity contribution in [3.8, 4) is 0 Å². The summed E-state index contributed by atoms with van der Waals surface area (Å²) in [6.45, 7) is 12.1. The van der Waals surface area contributed by atoms with E-state index in [9.17, 15) is 14.4 Å². The molecule has 0 saturated carbocycles. The number of rotatable bonds is 13. The minimum atomic E-state index is -0.534. The zero-order valence-corrected chi connectivity index (χ0v) is 23.0. The van der Waals surface area contributed by atoms with E-state index in [1.54, 1.807) is 12.1 Å². The van der Waals surface area contributed by atoms with Crippen LogP contribution in [0.3, 0.4) is 0 Å². The molecule has 38 heavy (non-hydrogen) atoms. The molecular formula is C31H42N4O3. The molecule has 0 aromatic heterocycles. The van der Waals surface area contributed by atoms with Crippen LogP contribution in [0.15, 0.2) is 42.5 Å². The van der Waals surface area contributed by atoms with E-state index < -0.39 is 11.8 Å². The number of hydrogen-bond donors (Lipinski definition) is 2. The Balaban J connectivity index is 1.82. The van der Waals surface area contributed by atoms with Gasteiger partial charge in [-0.15, -0.1) is 0 Å². The lowest BCUT2D eigenvalue weighted by atomic mass is 9.84. The van der Waals surface area contributed by atoms with Gasteiger partial charge in [0.2, 0.25) is 11.8 Å². The summed E-state index contributed by atoms with van der Waals surface area (Å²) in [4.78, 5) is 41.8. The van der Waals surface area contributed by atoms with Gasteiger partial charge in [0.15, 0.2) is 5.78 Å². The molecule has 7 heteroatoms. The van der Waals surface area contributed by atoms with Crippen molar-refractivity contribution in [2.75, 3.05) is 39.3 Å². The molecule has 3 N–H and O–H groups in total. The molecule has 7 nitrogen and oxygen atoms in total. The first-order valence-corrected chi connectivity index (χ1v) is 13.7. The Labute approximate surface area is 227 Å². The number of carbonyl (C=O) groups is 3. The van der Waals surface area contributed by atoms with Gasteiger partial charge >= 0.3 is 0 Å². The molecule has 1 atom stereocenters. The third-order valence-electron chi connectivity index (χ3n) is 7.27. The van der Waals surface area contributed by atoms with E-state index in [4.69, 9.17) is 5.73 Å². The van der Waals surface area contributed by atoms with Crippen molar-refractivity contribution in [3.05, 3.63) is 70.3 Å². The number of nitrogens with zero attached hydrogens (tertiary/aromatic N) is 2. The Morgan fingerprint density at radius 3 is 2.26 bits per heavy atom. The zero-order chi connectivity index (χ0) is 27.5. The van der Waals surface area contributed by atoms with Crippen LogP contribution in [0, 0.1) is 0 Å². The first-order chi connectivity index (χ1) is 18.3. The van der Waals surface area contributed by atoms with Crippen molar-refractivity contribution in [3.63, 3.8) is 0 Å². The summed E-state index contributed by atoms with van der Waals surface area (Å²) < 4.78 is 0. The summed E-state index contributed by atoms with van der Waals surface area (Å²) in [5.41, 5.74) is 9.82. The van der Waals surface area contributed by atoms with Crippen LogP contribution in [0.5, 0.6) is 0 Å². The van der Waals surface area contributed by atoms with Crippen molar-refractivity contribution >= 4 is 29.7 Å². The third kappa shape index (κ3) is 8.36. The van der Waals surface area contributed by atoms with Gasteiger partial charge in [-0.2, -0.15) is 0 Å². The molecule has 2 aromatic rings. The highest BCUT2D eigenvalue weighted by Gasteiger charge is 2.24. The standard InChI is InChI=1S/C31H42N4O3/c1-4-6-8-28(30(37)21-33-23(3)36)26-9-7-10-29(31(32)38)27(26)16-15-24-11-13-25(14-12-24)22-35-19-17-34(5-2)18-20-35/h7,9-16,28H,4-6,8,17-22H2,1-3H3,(H2,32,38)(H,33,36). The Morgan fingerprint density at radius 1 is 0.974 bits per heavy atom. The van der Waals surface area contributed by atoms with Gasteiger partial charge in [-0.3, -0.25) is 19.3 Å². The van der Waals surface area contributed by atoms with Gasteiger partial charge in [-0.1, -0.05) is 75.2 Å². The van der Waals surface area contributed by atoms with Gasteiger partial charge in [0, 0.05) is 51.1 Å². The Morgan fingerprint density at radius 2 is 1.66 bits per heavy atom. The van der Waals surface area contributed by atoms with Crippen molar-refractivity contribution in [1.82, 2.24) is 15.1 Å². The van der Waals surface area contributed by atoms with Crippen molar-refractivity contribution in [2.45, 2.75) is 52.5 Å². The zero-order valence-electron chi connectivity index (χ0n) is 23.0. The molecular weight excluding hydrogens is 476 g/mol. The van der Waals surface area contributed by atoms with Gasteiger partial charge in [0.05, 0.1) is 6.54 Å². The predicted molar refractivity (Wildman–Crippen MR) is 154 cm³/mol. The molecule has 0 bridgehead atoms. The maximum atomic E-state index is 13.1. The van der Waals surface area contributed by atoms with Gasteiger partial charge in [0.25, 0.3) is 0 Å². The molecule has 0 spiro atoms. The fourth-order valence-electron chi connectivity index (χ4n) is 4.96. The van der Waals surface area contributed by atoms with Crippen LogP contribution >= 0.6 is 0 Å². The van der Waals surface area contributed by atoms with Crippen LogP contribution in [0.1, 0.15) is 78.6 Å². The normalized spacial score (nSPS) is 15.4. The quantitative estimate of drug-likeness (QED) is 0.390. The largest absolute Gasteiger partial charge is 0.366 e. The second-order valence-electron chi connectivity index (χ2n) is 10.0. The average molecular weight is 519 g/mol. The van der Waals surface area contributed by atoms with Gasteiger partial charge in [-0.05, 0) is 41.3 Å². The van der Waals surface area contributed by atoms with Gasteiger partial charge in [0.1, 0.15) is 0 Å². The lowest BCUT2D eigenvalue weighted by Gasteiger charge is -2.34. The number of carbonyl (C=O) groups excluding carboxylic acids is 3. The number of likely N-dealkylation sites (N-methyl/N-ethyl adjacent to an activating group) is 1. The predicted octanol–water partition coefficient (Wildman–Crippen LogP) is 4.07. The number of amides is 2. The number of benzene rings is 2. The average Bonchev–Trinajstić information content (AvgIpc) is 2.92. The Bertz CT molecular complexity index is 1120. The topological polar surface area (TPSA) is 95.7 Å². The van der Waals surface area contributed by atoms with E-state index in [1.165, 1.54) is 12.5 Å². The van der Waals surface area contributed by atoms with Crippen molar-refractivity contribution in [2.24, 2.45) is 5.73 Å². The highest BCUT2D eigenvalue weighted by molar-refractivity contribution is 5.99. The van der Waals surface area contributed by atoms with E-state index >= 15 is 0 Å². The second-order valence-corrected chi connectivity index (χ2v) is 10.0. The fraction of sp³-hybridized carbons (Fsp3) is 0.452. The maximum absolute atomic E-state index is 13.1. The van der Waals surface area contributed by atoms with Crippen molar-refractivity contribution in [1.29, 1.82) is 0 Å². The summed E-state index contributed by atoms with van der Waals surface area (Å²) in [5.74, 6) is -1.29. The molecule has 1 saturated heterocycles. The summed E-state index contributed by atoms with van der Waals surface area (Å²) in [6, 6.07) is 13.8. The minimum absolute atomic E-state index is 0.0391. The molecule has 2 amide bonds. The van der Waals surface area contributed by atoms with Crippen LogP contribution < -0.4 is 11.1 Å². The molecule has 0 aliphatic carbocycles. The van der Waals surface area contributed by atoms with E-state index in [0.717, 1.165) is 63.2 Å². The molecule has 1 heterocycles. The Kier molecular flexibility index (Phi) is 11.2. The van der Waals surface area contributed by atoms with E-state index in [0.29, 0.717) is 17.5 Å². The van der Waals surface area contributed by atoms with Crippen LogP contribution in [0.25, 0.3) is 12.2 Å². The van der Waals surface area contributed by atoms with E-state index in [1.807, 2.05) is 18.2 Å². The minimum Gasteiger partial charge on any atom is -0.366 e. The lowest BCUT2D eigenvalue weighted by Crippen LogP contribution is -2.45. The molecule has 0 radical (unpaired) electrons. The molecule has 1 aliphatic heterocycles. The third-order valence-corrected chi connectivity index (χ3v) is 7.27. The molecule has 1 unspecified atom stereocenters. The van der Waals surface area contributed by atoms with Crippen LogP contribution in [-0.2, 0) is 16.1 Å². The number of Topliss-reactive ketones (excluding diaryl/α,β-unsaturated/α-hetero) is 1. The molecule has 204 valence electrons. The highest BCUT2D eigenvalue weighted by atomic mass is 16.2. The fourth-order valence-corrected chi connectivity index (χ4v) is 4.96. The number of nitrogens with one attached hydrogen (secondary N) is 1. The first kappa shape index (κ1) is 29.3. The molecule has 1 fully saturated rings. The lowest BCUT2D eigenvalue weighted by molar-refractivity contribution is -0.124. The van der Waals surface area contributed by atoms with Crippen molar-refractivity contribution < 1.29 is 14.4 Å². The maximum Gasteiger partial charge on any atom is 0.249 e. The Hall–Kier alpha value is -3.29. The number of hydrogen-bond acceptors (Lipinski definition) is 5. The van der Waals surface area contributed by atoms with Crippen LogP contribution in [0.2, 0.25) is 0 Å². The summed E-state index contributed by atoms with van der Waals surface area (Å²) >= 11 is 0. The van der Waals surface area contributed by atoms with Crippen LogP contribution in [0.4, 0.5) is 0 Å². The molecule has 1 aliphatic rings. The highest BCUT2D eigenvalue weighted by Crippen LogP contribution is 2.30. The summed E-state index contributed by atoms with van der Waals surface area (Å²) in [5, 5.41) is 2.62. The monoisotopic (exact) mass is 518 g/mol. The number of nitrogens with two attached hydrogens (primary N) is 1. The number of piperazine rings is 1. The number of ketones is 1. The second kappa shape index (κ2) is 14.6. The van der Waals surface area contributed by atoms with Crippen LogP contribution in [-0.4, -0.2) is 66.7 Å². The first-order valence-electron chi connectivity index (χ1n) is 13.7. The van der Waals surface area contributed by atoms with E-state index in [-0.39, 0.29) is 18.2 Å². The van der Waals surface area contributed by atoms with Gasteiger partial charge in [-0.25, -0.2) is 0 Å². The van der Waals surface area contributed by atoms with E-state index in [2.05, 4.69) is 53.2 Å². The summed E-state index contributed by atoms with van der Waals surface area (Å²) in [6.07, 6.45) is 6.28. The number of unbranched alkanes of at least 4 members (excludes halogenated alkanes) is 1. The number of primary amides is 1. The van der Waals surface area contributed by atoms with Gasteiger partial charge < -0.3 is 16.0 Å². The summed E-state index contributed by atoms with van der Waals surface area (Å²) in [7, 11) is 0. The SMILES string of the molecule is CCCCC(C(=O)CNC(C)=O)c1cccc(C(N)=O)c1C=Cc1ccc(CN2CCN(CC)CC2)cc1. The smallest absolute Gasteiger partial charge is 0.249 e.